The number of likely N-dealkylation sites (tertiary alicyclic amines) is 1. The van der Waals surface area contributed by atoms with Crippen LogP contribution in [0.1, 0.15) is 29.8 Å². The van der Waals surface area contributed by atoms with Gasteiger partial charge in [0.05, 0.1) is 5.52 Å². The van der Waals surface area contributed by atoms with E-state index < -0.39 is 11.9 Å². The van der Waals surface area contributed by atoms with Crippen molar-refractivity contribution in [2.75, 3.05) is 24.4 Å². The smallest absolute Gasteiger partial charge is 0.269 e. The number of carbonyl (C=O) groups is 4. The van der Waals surface area contributed by atoms with Crippen LogP contribution in [0.2, 0.25) is 5.15 Å². The van der Waals surface area contributed by atoms with Gasteiger partial charge in [-0.15, -0.1) is 0 Å². The number of piperidine rings is 1. The number of methoxy groups -OCH3 is 1. The van der Waals surface area contributed by atoms with Crippen molar-refractivity contribution in [1.29, 1.82) is 0 Å². The Morgan fingerprint density at radius 3 is 2.71 bits per heavy atom. The Morgan fingerprint density at radius 1 is 1.16 bits per heavy atom. The number of anilines is 2. The zero-order valence-corrected chi connectivity index (χ0v) is 21.3. The van der Waals surface area contributed by atoms with Crippen molar-refractivity contribution in [2.45, 2.75) is 37.9 Å². The molecular weight excluding hydrogens is 514 g/mol. The molecule has 1 saturated carbocycles. The minimum atomic E-state index is -0.770. The highest BCUT2D eigenvalue weighted by Crippen LogP contribution is 2.43. The summed E-state index contributed by atoms with van der Waals surface area (Å²) in [5.41, 5.74) is 6.44. The number of ether oxygens (including phenoxy) is 1. The van der Waals surface area contributed by atoms with Gasteiger partial charge in [-0.1, -0.05) is 17.7 Å². The Kier molecular flexibility index (Phi) is 7.00. The number of carbonyl (C=O) groups excluding carboxylic acids is 4. The first kappa shape index (κ1) is 25.6. The molecule has 3 heterocycles. The van der Waals surface area contributed by atoms with Gasteiger partial charge in [-0.05, 0) is 55.5 Å². The van der Waals surface area contributed by atoms with E-state index in [9.17, 15) is 19.2 Å². The topological polar surface area (TPSA) is 162 Å². The maximum Gasteiger partial charge on any atom is 0.269 e. The van der Waals surface area contributed by atoms with E-state index in [0.29, 0.717) is 22.4 Å². The molecule has 1 aromatic carbocycles. The molecule has 13 heteroatoms. The minimum Gasteiger partial charge on any atom is -0.375 e. The zero-order chi connectivity index (χ0) is 27.0. The number of halogens is 1. The van der Waals surface area contributed by atoms with Gasteiger partial charge in [0.1, 0.15) is 30.2 Å². The highest BCUT2D eigenvalue weighted by Gasteiger charge is 2.51. The molecular formula is C25H26ClN7O5. The molecule has 4 N–H and O–H groups in total. The van der Waals surface area contributed by atoms with Crippen LogP contribution in [-0.4, -0.2) is 69.1 Å². The van der Waals surface area contributed by atoms with Gasteiger partial charge < -0.3 is 26.0 Å². The quantitative estimate of drug-likeness (QED) is 0.367. The van der Waals surface area contributed by atoms with E-state index in [-0.39, 0.29) is 53.7 Å². The van der Waals surface area contributed by atoms with Crippen molar-refractivity contribution in [3.05, 3.63) is 47.2 Å². The highest BCUT2D eigenvalue weighted by molar-refractivity contribution is 6.29. The lowest BCUT2D eigenvalue weighted by atomic mass is 9.97. The largest absolute Gasteiger partial charge is 0.375 e. The average Bonchev–Trinajstić information content (AvgIpc) is 3.57. The number of rotatable bonds is 8. The van der Waals surface area contributed by atoms with Gasteiger partial charge in [-0.3, -0.25) is 23.9 Å². The Balaban J connectivity index is 1.39. The third kappa shape index (κ3) is 4.92. The number of nitrogens with zero attached hydrogens (tertiary/aromatic N) is 4. The van der Waals surface area contributed by atoms with Crippen molar-refractivity contribution in [3.8, 4) is 0 Å². The molecule has 198 valence electrons. The summed E-state index contributed by atoms with van der Waals surface area (Å²) in [5.74, 6) is -1.40. The molecule has 12 nitrogen and oxygen atoms in total. The Hall–Kier alpha value is -4.03. The highest BCUT2D eigenvalue weighted by atomic mass is 35.5. The second kappa shape index (κ2) is 10.4. The summed E-state index contributed by atoms with van der Waals surface area (Å²) in [4.78, 5) is 56.6. The van der Waals surface area contributed by atoms with E-state index in [1.54, 1.807) is 41.3 Å². The number of hydrogen-bond acceptors (Lipinski definition) is 7. The standard InChI is InChI=1S/C25H26ClN7O5/c1-38-12-20(34)28-14-6-8-17-16(10-14)22(24(27)36)31-32(17)11-21(35)33-15-7-5-13(9-15)23(33)25(37)30-19-4-2-3-18(26)29-19/h2-4,6,8,10,13,15,23H,5,7,9,11-12H2,1H3,(H2,27,36)(H,28,34)(H,29,30,37)/t13-,15+,23-/m0/s1. The average molecular weight is 540 g/mol. The van der Waals surface area contributed by atoms with E-state index in [1.165, 1.54) is 11.8 Å². The molecule has 4 amide bonds. The number of nitrogens with one attached hydrogen (secondary N) is 2. The van der Waals surface area contributed by atoms with Gasteiger partial charge in [0.15, 0.2) is 5.69 Å². The number of fused-ring (bicyclic) bond motifs is 3. The Morgan fingerprint density at radius 2 is 1.97 bits per heavy atom. The van der Waals surface area contributed by atoms with Crippen LogP contribution in [0.4, 0.5) is 11.5 Å². The van der Waals surface area contributed by atoms with E-state index in [0.717, 1.165) is 19.3 Å². The first-order chi connectivity index (χ1) is 18.2. The third-order valence-corrected chi connectivity index (χ3v) is 7.15. The van der Waals surface area contributed by atoms with Gasteiger partial charge in [0.2, 0.25) is 17.7 Å². The zero-order valence-electron chi connectivity index (χ0n) is 20.5. The van der Waals surface area contributed by atoms with Crippen LogP contribution >= 0.6 is 11.6 Å². The number of aromatic nitrogens is 3. The summed E-state index contributed by atoms with van der Waals surface area (Å²) in [6.45, 7) is -0.323. The van der Waals surface area contributed by atoms with Crippen LogP contribution in [0.3, 0.4) is 0 Å². The van der Waals surface area contributed by atoms with Crippen LogP contribution < -0.4 is 16.4 Å². The van der Waals surface area contributed by atoms with Gasteiger partial charge in [-0.25, -0.2) is 4.98 Å². The first-order valence-corrected chi connectivity index (χ1v) is 12.5. The lowest BCUT2D eigenvalue weighted by Gasteiger charge is -2.34. The number of amides is 4. The van der Waals surface area contributed by atoms with Crippen LogP contribution in [-0.2, 0) is 25.7 Å². The van der Waals surface area contributed by atoms with Crippen molar-refractivity contribution in [1.82, 2.24) is 19.7 Å². The fourth-order valence-electron chi connectivity index (χ4n) is 5.46. The van der Waals surface area contributed by atoms with Crippen LogP contribution in [0, 0.1) is 5.92 Å². The predicted molar refractivity (Wildman–Crippen MR) is 138 cm³/mol. The number of hydrogen-bond donors (Lipinski definition) is 3. The predicted octanol–water partition coefficient (Wildman–Crippen LogP) is 1.79. The van der Waals surface area contributed by atoms with Gasteiger partial charge in [-0.2, -0.15) is 5.10 Å². The van der Waals surface area contributed by atoms with Crippen molar-refractivity contribution < 1.29 is 23.9 Å². The SMILES string of the molecule is COCC(=O)Nc1ccc2c(c1)c(C(N)=O)nn2CC(=O)N1[C@@H]2CC[C@@H](C2)[C@H]1C(=O)Nc1cccc(Cl)n1. The second-order valence-electron chi connectivity index (χ2n) is 9.39. The third-order valence-electron chi connectivity index (χ3n) is 6.94. The number of nitrogens with two attached hydrogens (primary N) is 1. The molecule has 1 aliphatic carbocycles. The molecule has 3 aromatic rings. The molecule has 2 aliphatic rings. The maximum atomic E-state index is 13.6. The van der Waals surface area contributed by atoms with Crippen molar-refractivity contribution >= 4 is 57.6 Å². The van der Waals surface area contributed by atoms with E-state index in [1.807, 2.05) is 0 Å². The summed E-state index contributed by atoms with van der Waals surface area (Å²) >= 11 is 5.95. The fraction of sp³-hybridized carbons (Fsp3) is 0.360. The molecule has 1 aliphatic heterocycles. The normalized spacial score (nSPS) is 20.1. The van der Waals surface area contributed by atoms with E-state index in [4.69, 9.17) is 22.1 Å². The summed E-state index contributed by atoms with van der Waals surface area (Å²) in [5, 5.41) is 10.4. The van der Waals surface area contributed by atoms with Gasteiger partial charge in [0.25, 0.3) is 5.91 Å². The lowest BCUT2D eigenvalue weighted by Crippen LogP contribution is -2.52. The summed E-state index contributed by atoms with van der Waals surface area (Å²) < 4.78 is 6.22. The molecule has 3 atom stereocenters. The molecule has 0 spiro atoms. The van der Waals surface area contributed by atoms with Crippen molar-refractivity contribution in [2.24, 2.45) is 11.7 Å². The van der Waals surface area contributed by atoms with Crippen LogP contribution in [0.15, 0.2) is 36.4 Å². The molecule has 38 heavy (non-hydrogen) atoms. The molecule has 5 rings (SSSR count). The molecule has 0 radical (unpaired) electrons. The van der Waals surface area contributed by atoms with E-state index in [2.05, 4.69) is 20.7 Å². The molecule has 2 bridgehead atoms. The maximum absolute atomic E-state index is 13.6. The Labute approximate surface area is 222 Å². The Bertz CT molecular complexity index is 1440. The van der Waals surface area contributed by atoms with Crippen molar-refractivity contribution in [3.63, 3.8) is 0 Å². The lowest BCUT2D eigenvalue weighted by molar-refractivity contribution is -0.141. The van der Waals surface area contributed by atoms with Gasteiger partial charge >= 0.3 is 0 Å². The number of benzene rings is 1. The van der Waals surface area contributed by atoms with E-state index >= 15 is 0 Å². The summed E-state index contributed by atoms with van der Waals surface area (Å²) in [6, 6.07) is 9.07. The molecule has 0 unspecified atom stereocenters. The van der Waals surface area contributed by atoms with Crippen LogP contribution in [0.25, 0.3) is 10.9 Å². The second-order valence-corrected chi connectivity index (χ2v) is 9.78. The summed E-state index contributed by atoms with van der Waals surface area (Å²) in [6.07, 6.45) is 2.40. The summed E-state index contributed by atoms with van der Waals surface area (Å²) in [7, 11) is 1.41. The molecule has 2 fully saturated rings. The molecule has 2 aromatic heterocycles. The van der Waals surface area contributed by atoms with Gasteiger partial charge in [0, 0.05) is 24.2 Å². The fourth-order valence-corrected chi connectivity index (χ4v) is 5.62. The monoisotopic (exact) mass is 539 g/mol. The minimum absolute atomic E-state index is 0.0279. The van der Waals surface area contributed by atoms with Crippen LogP contribution in [0.5, 0.6) is 0 Å². The molecule has 1 saturated heterocycles. The first-order valence-electron chi connectivity index (χ1n) is 12.1. The number of pyridine rings is 1. The number of primary amides is 1.